The summed E-state index contributed by atoms with van der Waals surface area (Å²) in [6.07, 6.45) is 0. The Kier molecular flexibility index (Phi) is 4.27. The van der Waals surface area contributed by atoms with Crippen LogP contribution in [0.25, 0.3) is 0 Å². The molecule has 0 aromatic heterocycles. The number of hydrogen-bond donors (Lipinski definition) is 2. The molecule has 1 fully saturated rings. The van der Waals surface area contributed by atoms with Gasteiger partial charge in [0.25, 0.3) is 0 Å². The maximum absolute atomic E-state index is 12.9. The van der Waals surface area contributed by atoms with E-state index in [1.807, 2.05) is 18.2 Å². The zero-order valence-electron chi connectivity index (χ0n) is 13.8. The van der Waals surface area contributed by atoms with Crippen LogP contribution in [-0.4, -0.2) is 46.6 Å². The van der Waals surface area contributed by atoms with E-state index in [9.17, 15) is 8.42 Å². The Bertz CT molecular complexity index is 849. The highest BCUT2D eigenvalue weighted by Crippen LogP contribution is 2.40. The quantitative estimate of drug-likeness (QED) is 0.869. The van der Waals surface area contributed by atoms with Gasteiger partial charge in [-0.25, -0.2) is 8.42 Å². The normalized spacial score (nSPS) is 20.3. The van der Waals surface area contributed by atoms with Gasteiger partial charge in [0.1, 0.15) is 0 Å². The zero-order chi connectivity index (χ0) is 17.3. The smallest absolute Gasteiger partial charge is 0.220 e. The fourth-order valence-electron chi connectivity index (χ4n) is 3.24. The van der Waals surface area contributed by atoms with Gasteiger partial charge in [0.05, 0.1) is 22.8 Å². The van der Waals surface area contributed by atoms with Gasteiger partial charge in [-0.3, -0.25) is 0 Å². The van der Waals surface area contributed by atoms with Crippen LogP contribution in [0.5, 0.6) is 5.75 Å². The first kappa shape index (κ1) is 16.2. The summed E-state index contributed by atoms with van der Waals surface area (Å²) in [5.74, 6) is 0.625. The molecule has 2 heterocycles. The zero-order valence-corrected chi connectivity index (χ0v) is 14.6. The minimum atomic E-state index is -3.57. The number of ether oxygens (including phenoxy) is 1. The Hall–Kier alpha value is -2.25. The Morgan fingerprint density at radius 1 is 1.00 bits per heavy atom. The van der Waals surface area contributed by atoms with E-state index >= 15 is 0 Å². The lowest BCUT2D eigenvalue weighted by molar-refractivity contribution is 0.276. The molecule has 1 saturated heterocycles. The largest absolute Gasteiger partial charge is 0.468 e. The summed E-state index contributed by atoms with van der Waals surface area (Å²) >= 11 is 0. The molecule has 132 valence electrons. The molecule has 25 heavy (non-hydrogen) atoms. The Morgan fingerprint density at radius 3 is 2.52 bits per heavy atom. The number of benzene rings is 2. The molecule has 2 aromatic rings. The molecule has 1 atom stereocenters. The van der Waals surface area contributed by atoms with Gasteiger partial charge in [-0.05, 0) is 24.3 Å². The van der Waals surface area contributed by atoms with Crippen molar-refractivity contribution >= 4 is 21.2 Å². The number of piperazine rings is 1. The van der Waals surface area contributed by atoms with Crippen LogP contribution >= 0.6 is 0 Å². The highest BCUT2D eigenvalue weighted by atomic mass is 32.2. The Morgan fingerprint density at radius 2 is 1.76 bits per heavy atom. The standard InChI is InChI=1S/C18H21N3O3S/c22-25(23,14-5-2-1-3-6-14)17-13-20-15-7-4-8-16(18(15)24-17)21-11-9-19-10-12-21/h1-8,17,19-20H,9-13H2. The van der Waals surface area contributed by atoms with Crippen molar-refractivity contribution in [3.63, 3.8) is 0 Å². The topological polar surface area (TPSA) is 70.7 Å². The monoisotopic (exact) mass is 359 g/mol. The van der Waals surface area contributed by atoms with Crippen LogP contribution in [0.1, 0.15) is 0 Å². The van der Waals surface area contributed by atoms with Crippen molar-refractivity contribution in [1.29, 1.82) is 0 Å². The minimum absolute atomic E-state index is 0.231. The van der Waals surface area contributed by atoms with E-state index < -0.39 is 15.3 Å². The highest BCUT2D eigenvalue weighted by Gasteiger charge is 2.34. The van der Waals surface area contributed by atoms with Gasteiger partial charge < -0.3 is 20.3 Å². The second kappa shape index (κ2) is 6.57. The highest BCUT2D eigenvalue weighted by molar-refractivity contribution is 7.92. The van der Waals surface area contributed by atoms with Crippen LogP contribution in [0.15, 0.2) is 53.4 Å². The average molecular weight is 359 g/mol. The third-order valence-electron chi connectivity index (χ3n) is 4.58. The number of rotatable bonds is 3. The minimum Gasteiger partial charge on any atom is -0.468 e. The third-order valence-corrected chi connectivity index (χ3v) is 6.46. The lowest BCUT2D eigenvalue weighted by atomic mass is 10.2. The molecule has 0 saturated carbocycles. The molecule has 2 aromatic carbocycles. The summed E-state index contributed by atoms with van der Waals surface area (Å²) in [7, 11) is -3.57. The van der Waals surface area contributed by atoms with Crippen molar-refractivity contribution in [2.45, 2.75) is 10.3 Å². The van der Waals surface area contributed by atoms with E-state index in [1.165, 1.54) is 0 Å². The van der Waals surface area contributed by atoms with Crippen molar-refractivity contribution in [2.24, 2.45) is 0 Å². The third kappa shape index (κ3) is 3.05. The molecular formula is C18H21N3O3S. The number of hydrogen-bond acceptors (Lipinski definition) is 6. The van der Waals surface area contributed by atoms with Crippen molar-refractivity contribution in [2.75, 3.05) is 42.9 Å². The molecule has 0 aliphatic carbocycles. The molecule has 0 amide bonds. The van der Waals surface area contributed by atoms with Crippen LogP contribution < -0.4 is 20.3 Å². The molecule has 2 N–H and O–H groups in total. The molecule has 2 aliphatic heterocycles. The van der Waals surface area contributed by atoms with Gasteiger partial charge in [0.2, 0.25) is 15.3 Å². The summed E-state index contributed by atoms with van der Waals surface area (Å²) in [6, 6.07) is 14.4. The van der Waals surface area contributed by atoms with Gasteiger partial charge in [0.15, 0.2) is 5.75 Å². The van der Waals surface area contributed by atoms with E-state index in [1.54, 1.807) is 30.3 Å². The average Bonchev–Trinajstić information content (AvgIpc) is 2.68. The predicted molar refractivity (Wildman–Crippen MR) is 98.1 cm³/mol. The van der Waals surface area contributed by atoms with E-state index in [4.69, 9.17) is 4.74 Å². The van der Waals surface area contributed by atoms with Gasteiger partial charge >= 0.3 is 0 Å². The van der Waals surface area contributed by atoms with E-state index in [2.05, 4.69) is 15.5 Å². The van der Waals surface area contributed by atoms with Crippen LogP contribution in [0, 0.1) is 0 Å². The number of anilines is 2. The molecule has 1 unspecified atom stereocenters. The van der Waals surface area contributed by atoms with Crippen LogP contribution in [0.3, 0.4) is 0 Å². The number of nitrogens with zero attached hydrogens (tertiary/aromatic N) is 1. The second-order valence-corrected chi connectivity index (χ2v) is 8.26. The fraction of sp³-hybridized carbons (Fsp3) is 0.333. The number of sulfone groups is 1. The molecule has 0 spiro atoms. The van der Waals surface area contributed by atoms with Crippen LogP contribution in [0.2, 0.25) is 0 Å². The molecule has 2 aliphatic rings. The van der Waals surface area contributed by atoms with Crippen molar-refractivity contribution in [3.8, 4) is 5.75 Å². The predicted octanol–water partition coefficient (Wildman–Crippen LogP) is 1.70. The van der Waals surface area contributed by atoms with Gasteiger partial charge in [0, 0.05) is 26.2 Å². The molecule has 6 nitrogen and oxygen atoms in total. The number of fused-ring (bicyclic) bond motifs is 1. The first-order valence-corrected chi connectivity index (χ1v) is 9.99. The molecular weight excluding hydrogens is 338 g/mol. The van der Waals surface area contributed by atoms with Crippen LogP contribution in [-0.2, 0) is 9.84 Å². The summed E-state index contributed by atoms with van der Waals surface area (Å²) in [4.78, 5) is 2.51. The van der Waals surface area contributed by atoms with E-state index in [-0.39, 0.29) is 11.4 Å². The molecule has 0 bridgehead atoms. The first-order chi connectivity index (χ1) is 12.2. The Labute approximate surface area is 147 Å². The fourth-order valence-corrected chi connectivity index (χ4v) is 4.61. The summed E-state index contributed by atoms with van der Waals surface area (Å²) < 4.78 is 31.8. The summed E-state index contributed by atoms with van der Waals surface area (Å²) in [6.45, 7) is 3.78. The maximum atomic E-state index is 12.9. The number of nitrogens with one attached hydrogen (secondary N) is 2. The van der Waals surface area contributed by atoms with Crippen molar-refractivity contribution in [3.05, 3.63) is 48.5 Å². The summed E-state index contributed by atoms with van der Waals surface area (Å²) in [5, 5.41) is 6.55. The lowest BCUT2D eigenvalue weighted by Crippen LogP contribution is -2.44. The van der Waals surface area contributed by atoms with Gasteiger partial charge in [-0.1, -0.05) is 24.3 Å². The Balaban J connectivity index is 1.66. The molecule has 0 radical (unpaired) electrons. The van der Waals surface area contributed by atoms with Crippen molar-refractivity contribution < 1.29 is 13.2 Å². The van der Waals surface area contributed by atoms with E-state index in [0.717, 1.165) is 37.6 Å². The summed E-state index contributed by atoms with van der Waals surface area (Å²) in [5.41, 5.74) is 0.849. The number of para-hydroxylation sites is 1. The molecule has 7 heteroatoms. The molecule has 4 rings (SSSR count). The lowest BCUT2D eigenvalue weighted by Gasteiger charge is -2.34. The second-order valence-electron chi connectivity index (χ2n) is 6.18. The van der Waals surface area contributed by atoms with Gasteiger partial charge in [-0.2, -0.15) is 0 Å². The van der Waals surface area contributed by atoms with E-state index in [0.29, 0.717) is 5.75 Å². The van der Waals surface area contributed by atoms with Crippen LogP contribution in [0.4, 0.5) is 11.4 Å². The first-order valence-electron chi connectivity index (χ1n) is 8.44. The maximum Gasteiger partial charge on any atom is 0.220 e. The SMILES string of the molecule is O=S(=O)(c1ccccc1)C1CNc2cccc(N3CCNCC3)c2O1. The van der Waals surface area contributed by atoms with Crippen molar-refractivity contribution in [1.82, 2.24) is 5.32 Å². The van der Waals surface area contributed by atoms with Gasteiger partial charge in [-0.15, -0.1) is 0 Å².